The zero-order chi connectivity index (χ0) is 24.3. The van der Waals surface area contributed by atoms with Crippen molar-refractivity contribution in [2.24, 2.45) is 5.92 Å². The number of halogens is 4. The van der Waals surface area contributed by atoms with Gasteiger partial charge < -0.3 is 10.1 Å². The highest BCUT2D eigenvalue weighted by atomic mass is 35.5. The highest BCUT2D eigenvalue weighted by molar-refractivity contribution is 7.90. The predicted octanol–water partition coefficient (Wildman–Crippen LogP) is 4.90. The minimum absolute atomic E-state index is 0.00894. The van der Waals surface area contributed by atoms with Gasteiger partial charge in [-0.2, -0.15) is 0 Å². The van der Waals surface area contributed by atoms with Crippen LogP contribution in [0.5, 0.6) is 5.75 Å². The third-order valence-electron chi connectivity index (χ3n) is 5.81. The molecule has 0 bridgehead atoms. The van der Waals surface area contributed by atoms with Crippen molar-refractivity contribution in [3.8, 4) is 5.75 Å². The van der Waals surface area contributed by atoms with Crippen LogP contribution in [0.25, 0.3) is 0 Å². The number of aromatic nitrogens is 1. The number of hydrogen-bond donors (Lipinski definition) is 1. The van der Waals surface area contributed by atoms with E-state index in [9.17, 15) is 21.6 Å². The predicted molar refractivity (Wildman–Crippen MR) is 122 cm³/mol. The van der Waals surface area contributed by atoms with Gasteiger partial charge in [-0.1, -0.05) is 23.7 Å². The van der Waals surface area contributed by atoms with E-state index < -0.39 is 37.9 Å². The van der Waals surface area contributed by atoms with Gasteiger partial charge in [-0.15, -0.1) is 0 Å². The Kier molecular flexibility index (Phi) is 7.45. The maximum Gasteiger partial charge on any atom is 0.187 e. The first-order chi connectivity index (χ1) is 16.2. The molecule has 1 aliphatic rings. The van der Waals surface area contributed by atoms with Crippen molar-refractivity contribution in [3.63, 3.8) is 0 Å². The smallest absolute Gasteiger partial charge is 0.187 e. The quantitative estimate of drug-likeness (QED) is 0.490. The van der Waals surface area contributed by atoms with Gasteiger partial charge in [-0.05, 0) is 54.8 Å². The van der Waals surface area contributed by atoms with Crippen LogP contribution >= 0.6 is 11.6 Å². The highest BCUT2D eigenvalue weighted by Gasteiger charge is 2.28. The molecule has 5 nitrogen and oxygen atoms in total. The molecule has 3 aromatic rings. The Balaban J connectivity index is 1.49. The van der Waals surface area contributed by atoms with Crippen molar-refractivity contribution in [1.29, 1.82) is 0 Å². The minimum atomic E-state index is -4.26. The van der Waals surface area contributed by atoms with Crippen LogP contribution in [0, 0.1) is 23.4 Å². The molecule has 1 fully saturated rings. The van der Waals surface area contributed by atoms with E-state index in [4.69, 9.17) is 16.3 Å². The fourth-order valence-electron chi connectivity index (χ4n) is 4.07. The number of benzene rings is 2. The standard InChI is InChI=1S/C24H22ClF3N2O3S/c25-17-3-1-15(2-4-17)20-7-8-29-11-16(20)13-33-23-9-22(28)24(10-21(23)27)34(31,32)14-19-6-5-18(26)12-30-19/h1-6,9-10,12,16,20,29H,7-8,11,13-14H2/t16-,20?/m0/s1. The molecule has 2 heterocycles. The number of nitrogens with zero attached hydrogens (tertiary/aromatic N) is 1. The number of nitrogens with one attached hydrogen (secondary N) is 1. The third-order valence-corrected chi connectivity index (χ3v) is 7.72. The van der Waals surface area contributed by atoms with E-state index in [0.29, 0.717) is 17.6 Å². The Hall–Kier alpha value is -2.62. The van der Waals surface area contributed by atoms with Crippen LogP contribution in [-0.4, -0.2) is 33.1 Å². The topological polar surface area (TPSA) is 68.3 Å². The molecule has 1 N–H and O–H groups in total. The molecule has 0 spiro atoms. The van der Waals surface area contributed by atoms with Crippen LogP contribution in [0.4, 0.5) is 13.2 Å². The summed E-state index contributed by atoms with van der Waals surface area (Å²) in [5.41, 5.74) is 1.10. The number of piperidine rings is 1. The maximum absolute atomic E-state index is 14.7. The van der Waals surface area contributed by atoms with Crippen molar-refractivity contribution in [3.05, 3.63) is 88.5 Å². The van der Waals surface area contributed by atoms with Crippen LogP contribution in [0.3, 0.4) is 0 Å². The van der Waals surface area contributed by atoms with Gasteiger partial charge >= 0.3 is 0 Å². The van der Waals surface area contributed by atoms with E-state index in [1.807, 2.05) is 24.3 Å². The SMILES string of the molecule is O=S(=O)(Cc1ccc(F)cn1)c1cc(F)c(OC[C@@H]2CNCCC2c2ccc(Cl)cc2)cc1F. The summed E-state index contributed by atoms with van der Waals surface area (Å²) in [5.74, 6) is -3.67. The summed E-state index contributed by atoms with van der Waals surface area (Å²) in [4.78, 5) is 2.86. The monoisotopic (exact) mass is 510 g/mol. The lowest BCUT2D eigenvalue weighted by atomic mass is 9.81. The summed E-state index contributed by atoms with van der Waals surface area (Å²) in [5, 5.41) is 3.91. The lowest BCUT2D eigenvalue weighted by molar-refractivity contribution is 0.190. The van der Waals surface area contributed by atoms with Crippen molar-refractivity contribution in [2.45, 2.75) is 23.0 Å². The first kappa shape index (κ1) is 24.5. The second kappa shape index (κ2) is 10.3. The number of hydrogen-bond acceptors (Lipinski definition) is 5. The molecule has 0 radical (unpaired) electrons. The van der Waals surface area contributed by atoms with E-state index in [1.165, 1.54) is 6.07 Å². The highest BCUT2D eigenvalue weighted by Crippen LogP contribution is 2.33. The van der Waals surface area contributed by atoms with E-state index in [-0.39, 0.29) is 29.9 Å². The lowest BCUT2D eigenvalue weighted by Gasteiger charge is -2.32. The van der Waals surface area contributed by atoms with Crippen molar-refractivity contribution in [1.82, 2.24) is 10.3 Å². The molecule has 34 heavy (non-hydrogen) atoms. The van der Waals surface area contributed by atoms with Crippen molar-refractivity contribution in [2.75, 3.05) is 19.7 Å². The third kappa shape index (κ3) is 5.71. The molecule has 0 aliphatic carbocycles. The van der Waals surface area contributed by atoms with Gasteiger partial charge in [0.2, 0.25) is 0 Å². The summed E-state index contributed by atoms with van der Waals surface area (Å²) in [6.45, 7) is 1.57. The molecule has 10 heteroatoms. The van der Waals surface area contributed by atoms with Gasteiger partial charge in [0.05, 0.1) is 24.3 Å². The molecule has 2 atom stereocenters. The second-order valence-corrected chi connectivity index (χ2v) is 10.6. The Morgan fingerprint density at radius 2 is 1.82 bits per heavy atom. The van der Waals surface area contributed by atoms with Crippen LogP contribution in [0.1, 0.15) is 23.6 Å². The molecular formula is C24H22ClF3N2O3S. The van der Waals surface area contributed by atoms with Gasteiger partial charge in [0, 0.05) is 23.6 Å². The summed E-state index contributed by atoms with van der Waals surface area (Å²) >= 11 is 5.98. The van der Waals surface area contributed by atoms with E-state index in [1.54, 1.807) is 0 Å². The normalized spacial score (nSPS) is 18.6. The number of ether oxygens (including phenoxy) is 1. The fraction of sp³-hybridized carbons (Fsp3) is 0.292. The van der Waals surface area contributed by atoms with Gasteiger partial charge in [0.15, 0.2) is 21.4 Å². The number of rotatable bonds is 7. The Morgan fingerprint density at radius 3 is 2.53 bits per heavy atom. The maximum atomic E-state index is 14.7. The van der Waals surface area contributed by atoms with Crippen LogP contribution in [-0.2, 0) is 15.6 Å². The van der Waals surface area contributed by atoms with Gasteiger partial charge in [-0.25, -0.2) is 21.6 Å². The molecule has 1 saturated heterocycles. The van der Waals surface area contributed by atoms with E-state index in [0.717, 1.165) is 36.9 Å². The van der Waals surface area contributed by atoms with E-state index >= 15 is 0 Å². The summed E-state index contributed by atoms with van der Waals surface area (Å²) in [7, 11) is -4.26. The molecular weight excluding hydrogens is 489 g/mol. The van der Waals surface area contributed by atoms with Crippen LogP contribution < -0.4 is 10.1 Å². The molecule has 2 aromatic carbocycles. The zero-order valence-corrected chi connectivity index (χ0v) is 19.6. The van der Waals surface area contributed by atoms with E-state index in [2.05, 4.69) is 10.3 Å². The average molecular weight is 511 g/mol. The van der Waals surface area contributed by atoms with Crippen LogP contribution in [0.2, 0.25) is 5.02 Å². The molecule has 0 amide bonds. The van der Waals surface area contributed by atoms with Crippen LogP contribution in [0.15, 0.2) is 59.6 Å². The minimum Gasteiger partial charge on any atom is -0.490 e. The second-order valence-electron chi connectivity index (χ2n) is 8.16. The fourth-order valence-corrected chi connectivity index (χ4v) is 5.55. The Morgan fingerprint density at radius 1 is 1.06 bits per heavy atom. The zero-order valence-electron chi connectivity index (χ0n) is 18.0. The number of pyridine rings is 1. The molecule has 1 unspecified atom stereocenters. The van der Waals surface area contributed by atoms with Crippen molar-refractivity contribution < 1.29 is 26.3 Å². The number of sulfone groups is 1. The molecule has 180 valence electrons. The first-order valence-electron chi connectivity index (χ1n) is 10.6. The summed E-state index contributed by atoms with van der Waals surface area (Å²) < 4.78 is 73.2. The molecule has 1 aliphatic heterocycles. The van der Waals surface area contributed by atoms with Crippen molar-refractivity contribution >= 4 is 21.4 Å². The average Bonchev–Trinajstić information content (AvgIpc) is 2.81. The first-order valence-corrected chi connectivity index (χ1v) is 12.7. The Bertz CT molecular complexity index is 1260. The van der Waals surface area contributed by atoms with Gasteiger partial charge in [0.1, 0.15) is 16.5 Å². The molecule has 1 aromatic heterocycles. The van der Waals surface area contributed by atoms with Gasteiger partial charge in [0.25, 0.3) is 0 Å². The molecule has 4 rings (SSSR count). The molecule has 0 saturated carbocycles. The summed E-state index contributed by atoms with van der Waals surface area (Å²) in [6.07, 6.45) is 1.71. The largest absolute Gasteiger partial charge is 0.490 e. The lowest BCUT2D eigenvalue weighted by Crippen LogP contribution is -2.38. The summed E-state index contributed by atoms with van der Waals surface area (Å²) in [6, 6.07) is 11.1. The van der Waals surface area contributed by atoms with Gasteiger partial charge in [-0.3, -0.25) is 4.98 Å². The Labute approximate surface area is 200 Å².